The minimum absolute atomic E-state index is 0.0970. The Balaban J connectivity index is 1.64. The third kappa shape index (κ3) is 3.81. The van der Waals surface area contributed by atoms with Gasteiger partial charge in [0.1, 0.15) is 0 Å². The van der Waals surface area contributed by atoms with Gasteiger partial charge < -0.3 is 9.47 Å². The number of carbonyl (C=O) groups excluding carboxylic acids is 2. The lowest BCUT2D eigenvalue weighted by molar-refractivity contribution is 0.0724. The molecule has 0 radical (unpaired) electrons. The highest BCUT2D eigenvalue weighted by atomic mass is 32.1. The number of nitrogens with zero attached hydrogens (tertiary/aromatic N) is 1. The summed E-state index contributed by atoms with van der Waals surface area (Å²) >= 11 is 1.08. The van der Waals surface area contributed by atoms with E-state index in [9.17, 15) is 9.59 Å². The fraction of sp³-hybridized carbons (Fsp3) is 0. The van der Waals surface area contributed by atoms with Crippen molar-refractivity contribution in [2.24, 2.45) is 0 Å². The van der Waals surface area contributed by atoms with E-state index in [2.05, 4.69) is 4.98 Å². The number of hydrogen-bond acceptors (Lipinski definition) is 6. The van der Waals surface area contributed by atoms with Gasteiger partial charge in [0, 0.05) is 0 Å². The Labute approximate surface area is 136 Å². The maximum atomic E-state index is 11.9. The fourth-order valence-electron chi connectivity index (χ4n) is 1.78. The number of benzene rings is 2. The lowest BCUT2D eigenvalue weighted by Gasteiger charge is -2.01. The summed E-state index contributed by atoms with van der Waals surface area (Å²) in [5.41, 5.74) is 0.842. The Morgan fingerprint density at radius 2 is 1.30 bits per heavy atom. The molecule has 3 rings (SSSR count). The van der Waals surface area contributed by atoms with Crippen molar-refractivity contribution in [2.45, 2.75) is 0 Å². The third-order valence-electron chi connectivity index (χ3n) is 2.86. The summed E-state index contributed by atoms with van der Waals surface area (Å²) in [5.74, 6) is -0.933. The van der Waals surface area contributed by atoms with Gasteiger partial charge in [-0.15, -0.1) is 0 Å². The van der Waals surface area contributed by atoms with Crippen molar-refractivity contribution < 1.29 is 19.1 Å². The van der Waals surface area contributed by atoms with Gasteiger partial charge in [0.2, 0.25) is 5.88 Å². The van der Waals surface area contributed by atoms with Crippen LogP contribution in [0.4, 0.5) is 0 Å². The van der Waals surface area contributed by atoms with E-state index in [1.165, 1.54) is 5.38 Å². The molecular formula is C17H11NO4S. The summed E-state index contributed by atoms with van der Waals surface area (Å²) in [7, 11) is 0. The van der Waals surface area contributed by atoms with E-state index >= 15 is 0 Å². The number of esters is 2. The van der Waals surface area contributed by atoms with E-state index in [0.29, 0.717) is 11.1 Å². The molecule has 6 heteroatoms. The number of aromatic nitrogens is 1. The molecule has 0 unspecified atom stereocenters. The van der Waals surface area contributed by atoms with Crippen molar-refractivity contribution in [3.63, 3.8) is 0 Å². The van der Waals surface area contributed by atoms with E-state index in [1.54, 1.807) is 60.7 Å². The van der Waals surface area contributed by atoms with Crippen molar-refractivity contribution in [1.29, 1.82) is 0 Å². The highest BCUT2D eigenvalue weighted by Gasteiger charge is 2.14. The predicted octanol–water partition coefficient (Wildman–Crippen LogP) is 3.58. The van der Waals surface area contributed by atoms with Crippen molar-refractivity contribution >= 4 is 23.3 Å². The number of ether oxygens (including phenoxy) is 2. The van der Waals surface area contributed by atoms with E-state index in [0.717, 1.165) is 11.3 Å². The topological polar surface area (TPSA) is 65.5 Å². The second-order valence-corrected chi connectivity index (χ2v) is 5.28. The Morgan fingerprint density at radius 3 is 1.87 bits per heavy atom. The summed E-state index contributed by atoms with van der Waals surface area (Å²) < 4.78 is 10.3. The van der Waals surface area contributed by atoms with Crippen LogP contribution in [0, 0.1) is 0 Å². The van der Waals surface area contributed by atoms with Gasteiger partial charge in [0.25, 0.3) is 5.19 Å². The highest BCUT2D eigenvalue weighted by molar-refractivity contribution is 7.11. The molecule has 0 aliphatic carbocycles. The largest absolute Gasteiger partial charge is 0.403 e. The van der Waals surface area contributed by atoms with Crippen molar-refractivity contribution in [3.05, 3.63) is 77.2 Å². The van der Waals surface area contributed by atoms with Crippen molar-refractivity contribution in [2.75, 3.05) is 0 Å². The van der Waals surface area contributed by atoms with E-state index in [4.69, 9.17) is 9.47 Å². The molecular weight excluding hydrogens is 314 g/mol. The standard InChI is InChI=1S/C17H11NO4S/c19-15(12-7-3-1-4-8-12)21-14-11-23-17(18-14)22-16(20)13-9-5-2-6-10-13/h1-11H. The highest BCUT2D eigenvalue weighted by Crippen LogP contribution is 2.24. The van der Waals surface area contributed by atoms with E-state index in [1.807, 2.05) is 0 Å². The molecule has 1 heterocycles. The molecule has 0 spiro atoms. The zero-order valence-electron chi connectivity index (χ0n) is 11.8. The molecule has 0 saturated carbocycles. The van der Waals surface area contributed by atoms with Crippen LogP contribution >= 0.6 is 11.3 Å². The Morgan fingerprint density at radius 1 is 0.783 bits per heavy atom. The Bertz CT molecular complexity index is 747. The maximum Gasteiger partial charge on any atom is 0.345 e. The van der Waals surface area contributed by atoms with Gasteiger partial charge >= 0.3 is 11.9 Å². The maximum absolute atomic E-state index is 11.9. The molecule has 114 valence electrons. The van der Waals surface area contributed by atoms with Crippen molar-refractivity contribution in [1.82, 2.24) is 4.98 Å². The number of rotatable bonds is 4. The summed E-state index contributed by atoms with van der Waals surface area (Å²) in [6.07, 6.45) is 0. The monoisotopic (exact) mass is 325 g/mol. The SMILES string of the molecule is O=C(Oc1csc(OC(=O)c2ccccc2)n1)c1ccccc1. The molecule has 23 heavy (non-hydrogen) atoms. The van der Waals surface area contributed by atoms with Gasteiger partial charge in [-0.2, -0.15) is 4.98 Å². The Hall–Kier alpha value is -2.99. The molecule has 0 saturated heterocycles. The second-order valence-electron chi connectivity index (χ2n) is 4.46. The summed E-state index contributed by atoms with van der Waals surface area (Å²) in [6, 6.07) is 17.2. The van der Waals surface area contributed by atoms with Crippen LogP contribution in [-0.2, 0) is 0 Å². The average Bonchev–Trinajstić information content (AvgIpc) is 3.03. The zero-order chi connectivity index (χ0) is 16.1. The Kier molecular flexibility index (Phi) is 4.44. The average molecular weight is 325 g/mol. The number of thiazole rings is 1. The first-order chi connectivity index (χ1) is 11.2. The van der Waals surface area contributed by atoms with Crippen LogP contribution in [0.25, 0.3) is 0 Å². The summed E-state index contributed by atoms with van der Waals surface area (Å²) in [6.45, 7) is 0. The second kappa shape index (κ2) is 6.85. The van der Waals surface area contributed by atoms with E-state index in [-0.39, 0.29) is 11.1 Å². The van der Waals surface area contributed by atoms with Crippen LogP contribution in [0.1, 0.15) is 20.7 Å². The van der Waals surface area contributed by atoms with Gasteiger partial charge in [-0.25, -0.2) is 9.59 Å². The third-order valence-corrected chi connectivity index (χ3v) is 3.55. The summed E-state index contributed by atoms with van der Waals surface area (Å²) in [5, 5.41) is 1.63. The molecule has 0 aliphatic rings. The first-order valence-corrected chi connectivity index (χ1v) is 7.60. The molecule has 2 aromatic carbocycles. The van der Waals surface area contributed by atoms with Crippen molar-refractivity contribution in [3.8, 4) is 11.1 Å². The first-order valence-electron chi connectivity index (χ1n) is 6.72. The molecule has 5 nitrogen and oxygen atoms in total. The van der Waals surface area contributed by atoms with E-state index < -0.39 is 11.9 Å². The number of hydrogen-bond donors (Lipinski definition) is 0. The number of carbonyl (C=O) groups is 2. The minimum Gasteiger partial charge on any atom is -0.403 e. The first kappa shape index (κ1) is 14.9. The molecule has 0 N–H and O–H groups in total. The molecule has 0 atom stereocenters. The molecule has 1 aromatic heterocycles. The quantitative estimate of drug-likeness (QED) is 0.686. The zero-order valence-corrected chi connectivity index (χ0v) is 12.7. The van der Waals surface area contributed by atoms with Crippen LogP contribution in [0.5, 0.6) is 11.1 Å². The fourth-order valence-corrected chi connectivity index (χ4v) is 2.35. The normalized spacial score (nSPS) is 10.1. The van der Waals surface area contributed by atoms with Crippen LogP contribution in [0.2, 0.25) is 0 Å². The predicted molar refractivity (Wildman–Crippen MR) is 84.9 cm³/mol. The van der Waals surface area contributed by atoms with Gasteiger partial charge in [0.15, 0.2) is 0 Å². The van der Waals surface area contributed by atoms with Gasteiger partial charge in [0.05, 0.1) is 16.5 Å². The molecule has 0 aliphatic heterocycles. The van der Waals surface area contributed by atoms with Crippen LogP contribution in [-0.4, -0.2) is 16.9 Å². The lowest BCUT2D eigenvalue weighted by Crippen LogP contribution is -2.09. The molecule has 3 aromatic rings. The minimum atomic E-state index is -0.517. The van der Waals surface area contributed by atoms with Gasteiger partial charge in [-0.3, -0.25) is 0 Å². The summed E-state index contributed by atoms with van der Waals surface area (Å²) in [4.78, 5) is 27.8. The molecule has 0 fully saturated rings. The van der Waals surface area contributed by atoms with Crippen LogP contribution in [0.3, 0.4) is 0 Å². The van der Waals surface area contributed by atoms with Crippen LogP contribution in [0.15, 0.2) is 66.0 Å². The molecule has 0 bridgehead atoms. The lowest BCUT2D eigenvalue weighted by atomic mass is 10.2. The smallest absolute Gasteiger partial charge is 0.345 e. The van der Waals surface area contributed by atoms with Gasteiger partial charge in [-0.1, -0.05) is 47.7 Å². The van der Waals surface area contributed by atoms with Gasteiger partial charge in [-0.05, 0) is 24.3 Å². The van der Waals surface area contributed by atoms with Crippen LogP contribution < -0.4 is 9.47 Å². The molecule has 0 amide bonds.